The molecule has 122 valence electrons. The van der Waals surface area contributed by atoms with E-state index in [4.69, 9.17) is 16.3 Å². The van der Waals surface area contributed by atoms with Crippen molar-refractivity contribution < 1.29 is 9.53 Å². The van der Waals surface area contributed by atoms with E-state index in [0.717, 1.165) is 32.7 Å². The van der Waals surface area contributed by atoms with Crippen molar-refractivity contribution in [3.63, 3.8) is 0 Å². The molecule has 0 unspecified atom stereocenters. The van der Waals surface area contributed by atoms with Crippen molar-refractivity contribution in [2.24, 2.45) is 0 Å². The van der Waals surface area contributed by atoms with Gasteiger partial charge in [0.25, 0.3) is 0 Å². The Hall–Kier alpha value is -1.30. The van der Waals surface area contributed by atoms with E-state index in [2.05, 4.69) is 22.0 Å². The molecule has 1 amide bonds. The zero-order valence-corrected chi connectivity index (χ0v) is 14.2. The van der Waals surface area contributed by atoms with Gasteiger partial charge in [0.05, 0.1) is 18.8 Å². The van der Waals surface area contributed by atoms with Crippen LogP contribution in [0.25, 0.3) is 0 Å². The number of piperazine rings is 1. The molecule has 6 heteroatoms. The van der Waals surface area contributed by atoms with Gasteiger partial charge in [0.1, 0.15) is 5.75 Å². The summed E-state index contributed by atoms with van der Waals surface area (Å²) in [5.41, 5.74) is 0.610. The second-order valence-electron chi connectivity index (χ2n) is 5.48. The summed E-state index contributed by atoms with van der Waals surface area (Å²) in [6, 6.07) is 5.02. The Morgan fingerprint density at radius 3 is 2.64 bits per heavy atom. The summed E-state index contributed by atoms with van der Waals surface area (Å²) in [5, 5.41) is 3.49. The standard InChI is InChI=1S/C16H24ClN3O2/c1-4-19-7-9-20(10-8-19)12(2)16(21)18-14-11-13(17)5-6-15(14)22-3/h5-6,11-12H,4,7-10H2,1-3H3,(H,18,21)/t12-/m1/s1. The summed E-state index contributed by atoms with van der Waals surface area (Å²) in [5.74, 6) is 0.575. The molecule has 1 aliphatic rings. The van der Waals surface area contributed by atoms with Crippen LogP contribution < -0.4 is 10.1 Å². The van der Waals surface area contributed by atoms with Crippen molar-refractivity contribution in [3.05, 3.63) is 23.2 Å². The molecular weight excluding hydrogens is 302 g/mol. The number of carbonyl (C=O) groups excluding carboxylic acids is 1. The second-order valence-corrected chi connectivity index (χ2v) is 5.92. The van der Waals surface area contributed by atoms with Gasteiger partial charge >= 0.3 is 0 Å². The monoisotopic (exact) mass is 325 g/mol. The maximum atomic E-state index is 12.5. The summed E-state index contributed by atoms with van der Waals surface area (Å²) in [6.45, 7) is 9.01. The van der Waals surface area contributed by atoms with Gasteiger partial charge in [-0.25, -0.2) is 0 Å². The highest BCUT2D eigenvalue weighted by Gasteiger charge is 2.25. The number of rotatable bonds is 5. The van der Waals surface area contributed by atoms with Crippen molar-refractivity contribution in [2.45, 2.75) is 19.9 Å². The molecule has 1 aromatic rings. The number of ether oxygens (including phenoxy) is 1. The first-order valence-corrected chi connectivity index (χ1v) is 8.03. The Balaban J connectivity index is 1.98. The van der Waals surface area contributed by atoms with Crippen LogP contribution in [0.3, 0.4) is 0 Å². The molecule has 1 saturated heterocycles. The van der Waals surface area contributed by atoms with Crippen LogP contribution in [0.15, 0.2) is 18.2 Å². The first-order chi connectivity index (χ1) is 10.5. The maximum Gasteiger partial charge on any atom is 0.241 e. The van der Waals surface area contributed by atoms with E-state index in [1.807, 2.05) is 6.92 Å². The topological polar surface area (TPSA) is 44.8 Å². The van der Waals surface area contributed by atoms with E-state index in [-0.39, 0.29) is 11.9 Å². The predicted octanol–water partition coefficient (Wildman–Crippen LogP) is 2.31. The molecule has 0 saturated carbocycles. The lowest BCUT2D eigenvalue weighted by molar-refractivity contribution is -0.121. The lowest BCUT2D eigenvalue weighted by Gasteiger charge is -2.36. The normalized spacial score (nSPS) is 18.0. The highest BCUT2D eigenvalue weighted by molar-refractivity contribution is 6.31. The largest absolute Gasteiger partial charge is 0.495 e. The first-order valence-electron chi connectivity index (χ1n) is 7.66. The third-order valence-corrected chi connectivity index (χ3v) is 4.44. The average Bonchev–Trinajstić information content (AvgIpc) is 2.54. The van der Waals surface area contributed by atoms with E-state index in [0.29, 0.717) is 16.5 Å². The summed E-state index contributed by atoms with van der Waals surface area (Å²) >= 11 is 5.99. The van der Waals surface area contributed by atoms with Crippen LogP contribution >= 0.6 is 11.6 Å². The van der Waals surface area contributed by atoms with Gasteiger partial charge in [0.15, 0.2) is 0 Å². The molecule has 2 rings (SSSR count). The quantitative estimate of drug-likeness (QED) is 0.902. The number of likely N-dealkylation sites (N-methyl/N-ethyl adjacent to an activating group) is 1. The third-order valence-electron chi connectivity index (χ3n) is 4.20. The van der Waals surface area contributed by atoms with E-state index in [9.17, 15) is 4.79 Å². The van der Waals surface area contributed by atoms with E-state index in [1.165, 1.54) is 0 Å². The lowest BCUT2D eigenvalue weighted by atomic mass is 10.2. The summed E-state index contributed by atoms with van der Waals surface area (Å²) in [7, 11) is 1.58. The SMILES string of the molecule is CCN1CCN([C@H](C)C(=O)Nc2cc(Cl)ccc2OC)CC1. The van der Waals surface area contributed by atoms with Crippen LogP contribution in [0.1, 0.15) is 13.8 Å². The molecule has 22 heavy (non-hydrogen) atoms. The minimum Gasteiger partial charge on any atom is -0.495 e. The third kappa shape index (κ3) is 4.12. The molecular formula is C16H24ClN3O2. The fourth-order valence-electron chi connectivity index (χ4n) is 2.65. The molecule has 0 spiro atoms. The van der Waals surface area contributed by atoms with Crippen molar-refractivity contribution in [2.75, 3.05) is 45.2 Å². The van der Waals surface area contributed by atoms with E-state index in [1.54, 1.807) is 25.3 Å². The number of anilines is 1. The molecule has 1 atom stereocenters. The number of benzene rings is 1. The Bertz CT molecular complexity index is 516. The van der Waals surface area contributed by atoms with Crippen molar-refractivity contribution >= 4 is 23.2 Å². The van der Waals surface area contributed by atoms with Crippen LogP contribution in [0.5, 0.6) is 5.75 Å². The zero-order valence-electron chi connectivity index (χ0n) is 13.4. The van der Waals surface area contributed by atoms with Gasteiger partial charge in [-0.05, 0) is 31.7 Å². The van der Waals surface area contributed by atoms with Crippen molar-refractivity contribution in [3.8, 4) is 5.75 Å². The summed E-state index contributed by atoms with van der Waals surface area (Å²) < 4.78 is 5.26. The number of hydrogen-bond acceptors (Lipinski definition) is 4. The Kier molecular flexibility index (Phi) is 6.06. The van der Waals surface area contributed by atoms with Crippen LogP contribution in [0.2, 0.25) is 5.02 Å². The highest BCUT2D eigenvalue weighted by atomic mass is 35.5. The van der Waals surface area contributed by atoms with Gasteiger partial charge < -0.3 is 15.0 Å². The second kappa shape index (κ2) is 7.81. The molecule has 0 bridgehead atoms. The van der Waals surface area contributed by atoms with Crippen LogP contribution in [-0.4, -0.2) is 61.6 Å². The van der Waals surface area contributed by atoms with Crippen molar-refractivity contribution in [1.82, 2.24) is 9.80 Å². The summed E-state index contributed by atoms with van der Waals surface area (Å²) in [6.07, 6.45) is 0. The fourth-order valence-corrected chi connectivity index (χ4v) is 2.82. The number of nitrogens with one attached hydrogen (secondary N) is 1. The predicted molar refractivity (Wildman–Crippen MR) is 89.8 cm³/mol. The van der Waals surface area contributed by atoms with Gasteiger partial charge in [-0.15, -0.1) is 0 Å². The maximum absolute atomic E-state index is 12.5. The smallest absolute Gasteiger partial charge is 0.241 e. The number of halogens is 1. The minimum absolute atomic E-state index is 0.0366. The molecule has 0 aliphatic carbocycles. The Morgan fingerprint density at radius 2 is 2.05 bits per heavy atom. The summed E-state index contributed by atoms with van der Waals surface area (Å²) in [4.78, 5) is 17.1. The Labute approximate surface area is 137 Å². The zero-order chi connectivity index (χ0) is 16.1. The number of carbonyl (C=O) groups is 1. The number of nitrogens with zero attached hydrogens (tertiary/aromatic N) is 2. The van der Waals surface area contributed by atoms with E-state index < -0.39 is 0 Å². The molecule has 5 nitrogen and oxygen atoms in total. The van der Waals surface area contributed by atoms with Crippen LogP contribution in [0.4, 0.5) is 5.69 Å². The lowest BCUT2D eigenvalue weighted by Crippen LogP contribution is -2.52. The van der Waals surface area contributed by atoms with Gasteiger partial charge in [-0.2, -0.15) is 0 Å². The fraction of sp³-hybridized carbons (Fsp3) is 0.562. The van der Waals surface area contributed by atoms with E-state index >= 15 is 0 Å². The molecule has 1 fully saturated rings. The molecule has 1 N–H and O–H groups in total. The van der Waals surface area contributed by atoms with Crippen molar-refractivity contribution in [1.29, 1.82) is 0 Å². The molecule has 0 aromatic heterocycles. The average molecular weight is 326 g/mol. The number of hydrogen-bond donors (Lipinski definition) is 1. The van der Waals surface area contributed by atoms with Gasteiger partial charge in [-0.1, -0.05) is 18.5 Å². The highest BCUT2D eigenvalue weighted by Crippen LogP contribution is 2.28. The Morgan fingerprint density at radius 1 is 1.36 bits per heavy atom. The molecule has 1 heterocycles. The number of methoxy groups -OCH3 is 1. The molecule has 1 aromatic carbocycles. The number of amides is 1. The van der Waals surface area contributed by atoms with Gasteiger partial charge in [0.2, 0.25) is 5.91 Å². The van der Waals surface area contributed by atoms with Crippen LogP contribution in [-0.2, 0) is 4.79 Å². The molecule has 0 radical (unpaired) electrons. The first kappa shape index (κ1) is 17.1. The van der Waals surface area contributed by atoms with Crippen LogP contribution in [0, 0.1) is 0 Å². The van der Waals surface area contributed by atoms with Gasteiger partial charge in [0, 0.05) is 31.2 Å². The molecule has 1 aliphatic heterocycles. The minimum atomic E-state index is -0.178. The van der Waals surface area contributed by atoms with Gasteiger partial charge in [-0.3, -0.25) is 9.69 Å².